The number of rotatable bonds is 28. The maximum absolute atomic E-state index is 12.4. The zero-order valence-electron chi connectivity index (χ0n) is 25.8. The third kappa shape index (κ3) is 23.3. The van der Waals surface area contributed by atoms with Gasteiger partial charge in [-0.05, 0) is 64.2 Å². The second-order valence-corrected chi connectivity index (χ2v) is 11.2. The van der Waals surface area contributed by atoms with Gasteiger partial charge in [0.1, 0.15) is 12.2 Å². The Bertz CT molecular complexity index is 648. The highest BCUT2D eigenvalue weighted by Crippen LogP contribution is 2.12. The van der Waals surface area contributed by atoms with Gasteiger partial charge in [0, 0.05) is 0 Å². The monoisotopic (exact) mass is 565 g/mol. The average molecular weight is 566 g/mol. The summed E-state index contributed by atoms with van der Waals surface area (Å²) in [5.74, 6) is -0.611. The minimum atomic E-state index is -1.28. The average Bonchev–Trinajstić information content (AvgIpc) is 2.96. The highest BCUT2D eigenvalue weighted by Gasteiger charge is 2.28. The van der Waals surface area contributed by atoms with Crippen LogP contribution in [0.1, 0.15) is 142 Å². The van der Waals surface area contributed by atoms with Gasteiger partial charge in [0.25, 0.3) is 0 Å². The normalized spacial score (nSPS) is 15.2. The second-order valence-electron chi connectivity index (χ2n) is 11.2. The van der Waals surface area contributed by atoms with Crippen LogP contribution in [0, 0.1) is 0 Å². The summed E-state index contributed by atoms with van der Waals surface area (Å²) in [7, 11) is 0. The van der Waals surface area contributed by atoms with Crippen LogP contribution in [0.25, 0.3) is 0 Å². The molecule has 0 saturated heterocycles. The number of hydrogen-bond donors (Lipinski definition) is 5. The molecule has 0 aromatic rings. The van der Waals surface area contributed by atoms with Gasteiger partial charge in [0.2, 0.25) is 5.91 Å². The molecule has 0 aliphatic rings. The molecule has 5 N–H and O–H groups in total. The maximum Gasteiger partial charge on any atom is 0.249 e. The van der Waals surface area contributed by atoms with Crippen molar-refractivity contribution < 1.29 is 25.2 Å². The van der Waals surface area contributed by atoms with E-state index >= 15 is 0 Å². The van der Waals surface area contributed by atoms with Crippen molar-refractivity contribution in [1.82, 2.24) is 5.32 Å². The van der Waals surface area contributed by atoms with E-state index in [0.717, 1.165) is 57.8 Å². The predicted octanol–water partition coefficient (Wildman–Crippen LogP) is 7.06. The number of hydrogen-bond acceptors (Lipinski definition) is 5. The molecular formula is C34H63NO5. The summed E-state index contributed by atoms with van der Waals surface area (Å²) in [6, 6.07) is -1.00. The van der Waals surface area contributed by atoms with Crippen LogP contribution in [0.3, 0.4) is 0 Å². The number of unbranched alkanes of at least 4 members (excludes halogenated alkanes) is 14. The van der Waals surface area contributed by atoms with Gasteiger partial charge in [0.15, 0.2) is 0 Å². The Kier molecular flexibility index (Phi) is 28.0. The van der Waals surface area contributed by atoms with E-state index in [2.05, 4.69) is 55.6 Å². The van der Waals surface area contributed by atoms with Crippen molar-refractivity contribution in [1.29, 1.82) is 0 Å². The van der Waals surface area contributed by atoms with Crippen molar-refractivity contribution in [3.8, 4) is 0 Å². The molecule has 0 spiro atoms. The van der Waals surface area contributed by atoms with Crippen molar-refractivity contribution in [2.75, 3.05) is 6.61 Å². The molecule has 0 aliphatic carbocycles. The van der Waals surface area contributed by atoms with E-state index in [0.29, 0.717) is 19.3 Å². The zero-order valence-corrected chi connectivity index (χ0v) is 25.8. The Hall–Kier alpha value is -1.47. The molecule has 0 aromatic carbocycles. The van der Waals surface area contributed by atoms with E-state index in [1.54, 1.807) is 0 Å². The van der Waals surface area contributed by atoms with E-state index in [-0.39, 0.29) is 0 Å². The lowest BCUT2D eigenvalue weighted by atomic mass is 10.00. The summed E-state index contributed by atoms with van der Waals surface area (Å²) in [6.07, 6.45) is 30.2. The number of aliphatic hydroxyl groups excluding tert-OH is 4. The van der Waals surface area contributed by atoms with Crippen LogP contribution in [0.15, 0.2) is 36.5 Å². The Balaban J connectivity index is 3.97. The van der Waals surface area contributed by atoms with Crippen LogP contribution in [-0.4, -0.2) is 57.3 Å². The number of nitrogens with one attached hydrogen (secondary N) is 1. The van der Waals surface area contributed by atoms with Gasteiger partial charge in [-0.1, -0.05) is 115 Å². The minimum Gasteiger partial charge on any atom is -0.394 e. The van der Waals surface area contributed by atoms with Gasteiger partial charge in [-0.2, -0.15) is 0 Å². The van der Waals surface area contributed by atoms with Crippen LogP contribution < -0.4 is 5.32 Å². The lowest BCUT2D eigenvalue weighted by Crippen LogP contribution is -2.53. The van der Waals surface area contributed by atoms with Crippen LogP contribution in [-0.2, 0) is 4.79 Å². The highest BCUT2D eigenvalue weighted by atomic mass is 16.3. The third-order valence-corrected chi connectivity index (χ3v) is 7.35. The van der Waals surface area contributed by atoms with Gasteiger partial charge >= 0.3 is 0 Å². The van der Waals surface area contributed by atoms with Crippen molar-refractivity contribution in [3.05, 3.63) is 36.5 Å². The lowest BCUT2D eigenvalue weighted by Gasteiger charge is -2.27. The summed E-state index contributed by atoms with van der Waals surface area (Å²) in [4.78, 5) is 12.4. The number of amides is 1. The third-order valence-electron chi connectivity index (χ3n) is 7.35. The number of aliphatic hydroxyl groups is 4. The number of allylic oxidation sites excluding steroid dienone is 6. The molecule has 0 rings (SSSR count). The lowest BCUT2D eigenvalue weighted by molar-refractivity contribution is -0.132. The van der Waals surface area contributed by atoms with E-state index in [9.17, 15) is 25.2 Å². The molecule has 234 valence electrons. The van der Waals surface area contributed by atoms with Crippen molar-refractivity contribution in [2.45, 2.75) is 167 Å². The number of carbonyl (C=O) groups is 1. The fourth-order valence-corrected chi connectivity index (χ4v) is 4.63. The first kappa shape index (κ1) is 38.5. The summed E-state index contributed by atoms with van der Waals surface area (Å²) in [5, 5.41) is 43.1. The Morgan fingerprint density at radius 1 is 0.625 bits per heavy atom. The predicted molar refractivity (Wildman–Crippen MR) is 168 cm³/mol. The minimum absolute atomic E-state index is 0.344. The van der Waals surface area contributed by atoms with Crippen molar-refractivity contribution in [3.63, 3.8) is 0 Å². The van der Waals surface area contributed by atoms with E-state index in [1.165, 1.54) is 51.4 Å². The number of carbonyl (C=O) groups excluding carboxylic acids is 1. The molecular weight excluding hydrogens is 502 g/mol. The first-order valence-corrected chi connectivity index (χ1v) is 16.4. The van der Waals surface area contributed by atoms with Crippen LogP contribution >= 0.6 is 0 Å². The quantitative estimate of drug-likeness (QED) is 0.0396. The molecule has 0 heterocycles. The second kappa shape index (κ2) is 29.0. The van der Waals surface area contributed by atoms with Gasteiger partial charge in [0.05, 0.1) is 18.8 Å². The molecule has 40 heavy (non-hydrogen) atoms. The Morgan fingerprint density at radius 3 is 1.70 bits per heavy atom. The van der Waals surface area contributed by atoms with Gasteiger partial charge in [-0.15, -0.1) is 0 Å². The molecule has 0 saturated carbocycles. The molecule has 0 radical (unpaired) electrons. The smallest absolute Gasteiger partial charge is 0.249 e. The van der Waals surface area contributed by atoms with Crippen molar-refractivity contribution >= 4 is 5.91 Å². The van der Waals surface area contributed by atoms with E-state index in [1.807, 2.05) is 0 Å². The Morgan fingerprint density at radius 2 is 1.10 bits per heavy atom. The topological polar surface area (TPSA) is 110 Å². The molecule has 0 fully saturated rings. The molecule has 4 atom stereocenters. The fraction of sp³-hybridized carbons (Fsp3) is 0.794. The first-order chi connectivity index (χ1) is 19.5. The first-order valence-electron chi connectivity index (χ1n) is 16.4. The highest BCUT2D eigenvalue weighted by molar-refractivity contribution is 5.80. The molecule has 0 aromatic heterocycles. The summed E-state index contributed by atoms with van der Waals surface area (Å²) >= 11 is 0. The summed E-state index contributed by atoms with van der Waals surface area (Å²) in [6.45, 7) is 3.93. The molecule has 6 nitrogen and oxygen atoms in total. The molecule has 0 aliphatic heterocycles. The van der Waals surface area contributed by atoms with Gasteiger partial charge in [-0.3, -0.25) is 4.79 Å². The standard InChI is InChI=1S/C34H63NO5/c1-3-5-7-9-11-13-15-16-17-18-20-22-24-26-28-32(38)34(40)35-30(29-36)33(39)31(37)27-25-23-21-19-14-12-10-8-6-4-2/h11,13,15-16,19,21,30-33,36-39H,3-10,12,14,17-18,20,22-29H2,1-2H3,(H,35,40)/b13-11-,16-15-,21-19+. The molecule has 6 heteroatoms. The van der Waals surface area contributed by atoms with Crippen LogP contribution in [0.2, 0.25) is 0 Å². The summed E-state index contributed by atoms with van der Waals surface area (Å²) < 4.78 is 0. The Labute approximate surface area is 246 Å². The van der Waals surface area contributed by atoms with E-state index < -0.39 is 36.9 Å². The van der Waals surface area contributed by atoms with Gasteiger partial charge in [-0.25, -0.2) is 0 Å². The van der Waals surface area contributed by atoms with Crippen LogP contribution in [0.5, 0.6) is 0 Å². The van der Waals surface area contributed by atoms with Crippen LogP contribution in [0.4, 0.5) is 0 Å². The maximum atomic E-state index is 12.4. The van der Waals surface area contributed by atoms with Crippen molar-refractivity contribution in [2.24, 2.45) is 0 Å². The fourth-order valence-electron chi connectivity index (χ4n) is 4.63. The molecule has 4 unspecified atom stereocenters. The zero-order chi connectivity index (χ0) is 29.7. The largest absolute Gasteiger partial charge is 0.394 e. The molecule has 0 bridgehead atoms. The molecule has 1 amide bonds. The van der Waals surface area contributed by atoms with Gasteiger partial charge < -0.3 is 25.7 Å². The van der Waals surface area contributed by atoms with E-state index in [4.69, 9.17) is 0 Å². The SMILES string of the molecule is CCCCC/C=C\C=C/CCCCCCCC(O)C(=O)NC(CO)C(O)C(O)CCC/C=C/CCCCCCC. The summed E-state index contributed by atoms with van der Waals surface area (Å²) in [5.41, 5.74) is 0.